The van der Waals surface area contributed by atoms with Gasteiger partial charge in [0.25, 0.3) is 11.3 Å². The van der Waals surface area contributed by atoms with Gasteiger partial charge in [-0.15, -0.1) is 0 Å². The average Bonchev–Trinajstić information content (AvgIpc) is 2.44. The van der Waals surface area contributed by atoms with Gasteiger partial charge >= 0.3 is 5.97 Å². The number of nitrogens with zero attached hydrogens (tertiary/aromatic N) is 1. The van der Waals surface area contributed by atoms with Crippen LogP contribution in [0.4, 0.5) is 14.5 Å². The maximum atomic E-state index is 14.2. The zero-order chi connectivity index (χ0) is 18.5. The van der Waals surface area contributed by atoms with E-state index in [-0.39, 0.29) is 24.5 Å². The lowest BCUT2D eigenvalue weighted by atomic mass is 10.1. The Balaban J connectivity index is 3.04. The number of sulfone groups is 1. The van der Waals surface area contributed by atoms with Gasteiger partial charge in [0.1, 0.15) is 21.2 Å². The molecule has 0 saturated carbocycles. The highest BCUT2D eigenvalue weighted by Gasteiger charge is 2.25. The molecule has 0 aliphatic carbocycles. The summed E-state index contributed by atoms with van der Waals surface area (Å²) in [5, 5.41) is 8.82. The summed E-state index contributed by atoms with van der Waals surface area (Å²) in [5.41, 5.74) is -1.84. The lowest BCUT2D eigenvalue weighted by Crippen LogP contribution is -2.29. The van der Waals surface area contributed by atoms with Crippen molar-refractivity contribution in [2.75, 3.05) is 22.4 Å². The number of carbonyl (C=O) groups is 1. The molecule has 0 fully saturated rings. The number of carboxylic acids is 1. The quantitative estimate of drug-likeness (QED) is 0.627. The number of hydrogen-bond donors (Lipinski definition) is 2. The summed E-state index contributed by atoms with van der Waals surface area (Å²) in [6.07, 6.45) is 0.348. The van der Waals surface area contributed by atoms with Gasteiger partial charge in [0, 0.05) is 12.3 Å². The zero-order valence-corrected chi connectivity index (χ0v) is 14.4. The normalized spacial score (nSPS) is 12.8. The van der Waals surface area contributed by atoms with Crippen LogP contribution in [-0.2, 0) is 21.1 Å². The molecule has 0 aliphatic rings. The van der Waals surface area contributed by atoms with Crippen molar-refractivity contribution in [2.45, 2.75) is 19.8 Å². The Morgan fingerprint density at radius 3 is 2.42 bits per heavy atom. The van der Waals surface area contributed by atoms with Gasteiger partial charge in [0.15, 0.2) is 5.82 Å². The molecule has 0 aromatic heterocycles. The third-order valence-corrected chi connectivity index (χ3v) is 5.77. The number of carboxylic acid groups (broad SMARTS) is 1. The summed E-state index contributed by atoms with van der Waals surface area (Å²) in [5.74, 6) is -4.99. The van der Waals surface area contributed by atoms with E-state index < -0.39 is 50.0 Å². The smallest absolute Gasteiger partial charge is 0.341 e. The summed E-state index contributed by atoms with van der Waals surface area (Å²) in [6.45, 7) is 1.36. The number of benzene rings is 1. The number of hydrogen-bond acceptors (Lipinski definition) is 4. The van der Waals surface area contributed by atoms with Gasteiger partial charge in [-0.05, 0) is 25.0 Å². The molecule has 1 atom stereocenters. The van der Waals surface area contributed by atoms with E-state index in [0.29, 0.717) is 16.8 Å². The Kier molecular flexibility index (Phi) is 7.24. The minimum Gasteiger partial charge on any atom is -0.477 e. The molecule has 0 saturated heterocycles. The first-order chi connectivity index (χ1) is 11.1. The molecule has 24 heavy (non-hydrogen) atoms. The molecule has 7 nitrogen and oxygen atoms in total. The van der Waals surface area contributed by atoms with E-state index in [1.807, 2.05) is 0 Å². The fourth-order valence-electron chi connectivity index (χ4n) is 2.05. The van der Waals surface area contributed by atoms with Crippen LogP contribution in [0.15, 0.2) is 12.1 Å². The van der Waals surface area contributed by atoms with Crippen molar-refractivity contribution < 1.29 is 35.9 Å². The summed E-state index contributed by atoms with van der Waals surface area (Å²) in [7, 11) is -3.33. The van der Waals surface area contributed by atoms with Crippen LogP contribution in [0.3, 0.4) is 0 Å². The summed E-state index contributed by atoms with van der Waals surface area (Å²) in [4.78, 5) is 10.9. The SMILES string of the molecule is CCCS(=O)(=O)CCCN(c1ccc(F)c(C(=O)O)c1F)S(=O)O. The van der Waals surface area contributed by atoms with Crippen molar-refractivity contribution in [1.29, 1.82) is 0 Å². The van der Waals surface area contributed by atoms with Gasteiger partial charge in [-0.25, -0.2) is 26.2 Å². The van der Waals surface area contributed by atoms with Crippen LogP contribution in [0.5, 0.6) is 0 Å². The molecule has 11 heteroatoms. The van der Waals surface area contributed by atoms with Crippen molar-refractivity contribution in [1.82, 2.24) is 0 Å². The monoisotopic (exact) mass is 385 g/mol. The molecule has 2 N–H and O–H groups in total. The maximum Gasteiger partial charge on any atom is 0.341 e. The Labute approximate surface area is 140 Å². The second kappa shape index (κ2) is 8.49. The fourth-order valence-corrected chi connectivity index (χ4v) is 4.04. The third-order valence-electron chi connectivity index (χ3n) is 3.07. The molecule has 0 radical (unpaired) electrons. The standard InChI is InChI=1S/C13H17F2NO6S2/c1-2-7-24(21,22)8-3-6-16(23(19)20)10-5-4-9(14)11(12(10)15)13(17)18/h4-5H,2-3,6-8H2,1H3,(H,17,18)(H,19,20). The third kappa shape index (κ3) is 5.21. The molecular formula is C13H17F2NO6S2. The van der Waals surface area contributed by atoms with Gasteiger partial charge in [-0.1, -0.05) is 6.92 Å². The first kappa shape index (κ1) is 20.5. The lowest BCUT2D eigenvalue weighted by Gasteiger charge is -2.21. The Hall–Kier alpha value is -1.59. The van der Waals surface area contributed by atoms with Crippen molar-refractivity contribution in [3.63, 3.8) is 0 Å². The van der Waals surface area contributed by atoms with Crippen LogP contribution in [0.2, 0.25) is 0 Å². The minimum absolute atomic E-state index is 0.0384. The van der Waals surface area contributed by atoms with Gasteiger partial charge in [-0.2, -0.15) is 0 Å². The van der Waals surface area contributed by atoms with E-state index in [9.17, 15) is 30.8 Å². The molecule has 0 bridgehead atoms. The van der Waals surface area contributed by atoms with Crippen molar-refractivity contribution in [3.8, 4) is 0 Å². The molecule has 1 unspecified atom stereocenters. The number of aromatic carboxylic acids is 1. The van der Waals surface area contributed by atoms with Crippen molar-refractivity contribution in [2.24, 2.45) is 0 Å². The Morgan fingerprint density at radius 2 is 1.92 bits per heavy atom. The van der Waals surface area contributed by atoms with Gasteiger partial charge < -0.3 is 5.11 Å². The predicted octanol–water partition coefficient (Wildman–Crippen LogP) is 1.82. The van der Waals surface area contributed by atoms with E-state index >= 15 is 0 Å². The second-order valence-electron chi connectivity index (χ2n) is 4.90. The highest BCUT2D eigenvalue weighted by molar-refractivity contribution is 7.91. The van der Waals surface area contributed by atoms with Gasteiger partial charge in [0.2, 0.25) is 0 Å². The molecule has 0 aliphatic heterocycles. The molecule has 1 aromatic rings. The van der Waals surface area contributed by atoms with Gasteiger partial charge in [-0.3, -0.25) is 8.86 Å². The summed E-state index contributed by atoms with van der Waals surface area (Å²) < 4.78 is 72.0. The van der Waals surface area contributed by atoms with Crippen molar-refractivity contribution >= 4 is 32.8 Å². The van der Waals surface area contributed by atoms with E-state index in [2.05, 4.69) is 0 Å². The molecule has 1 aromatic carbocycles. The molecular weight excluding hydrogens is 368 g/mol. The molecule has 1 rings (SSSR count). The number of halogens is 2. The molecule has 0 heterocycles. The van der Waals surface area contributed by atoms with Gasteiger partial charge in [0.05, 0.1) is 11.4 Å². The highest BCUT2D eigenvalue weighted by Crippen LogP contribution is 2.26. The lowest BCUT2D eigenvalue weighted by molar-refractivity contribution is 0.0686. The first-order valence-corrected chi connectivity index (χ1v) is 9.79. The van der Waals surface area contributed by atoms with Crippen LogP contribution >= 0.6 is 0 Å². The molecule has 0 amide bonds. The number of rotatable bonds is 9. The highest BCUT2D eigenvalue weighted by atomic mass is 32.2. The molecule has 0 spiro atoms. The Morgan fingerprint density at radius 1 is 1.29 bits per heavy atom. The number of anilines is 1. The van der Waals surface area contributed by atoms with Crippen LogP contribution in [-0.4, -0.2) is 46.3 Å². The van der Waals surface area contributed by atoms with Crippen LogP contribution in [0, 0.1) is 11.6 Å². The van der Waals surface area contributed by atoms with Crippen LogP contribution < -0.4 is 4.31 Å². The van der Waals surface area contributed by atoms with Crippen LogP contribution in [0.1, 0.15) is 30.1 Å². The second-order valence-corrected chi connectivity index (χ2v) is 8.10. The zero-order valence-electron chi connectivity index (χ0n) is 12.7. The van der Waals surface area contributed by atoms with Crippen molar-refractivity contribution in [3.05, 3.63) is 29.3 Å². The summed E-state index contributed by atoms with van der Waals surface area (Å²) >= 11 is -2.74. The van der Waals surface area contributed by atoms with E-state index in [4.69, 9.17) is 5.11 Å². The average molecular weight is 385 g/mol. The van der Waals surface area contributed by atoms with E-state index in [1.165, 1.54) is 0 Å². The first-order valence-electron chi connectivity index (χ1n) is 6.91. The molecule has 136 valence electrons. The fraction of sp³-hybridized carbons (Fsp3) is 0.462. The topological polar surface area (TPSA) is 112 Å². The van der Waals surface area contributed by atoms with Crippen LogP contribution in [0.25, 0.3) is 0 Å². The largest absolute Gasteiger partial charge is 0.477 e. The minimum atomic E-state index is -3.33. The van der Waals surface area contributed by atoms with E-state index in [0.717, 1.165) is 6.07 Å². The predicted molar refractivity (Wildman–Crippen MR) is 85.0 cm³/mol. The van der Waals surface area contributed by atoms with E-state index in [1.54, 1.807) is 6.92 Å². The maximum absolute atomic E-state index is 14.2. The summed E-state index contributed by atoms with van der Waals surface area (Å²) in [6, 6.07) is 1.49. The Bertz CT molecular complexity index is 738.